The number of nitrogens with one attached hydrogen (secondary N) is 4. The van der Waals surface area contributed by atoms with E-state index in [1.54, 1.807) is 18.7 Å². The van der Waals surface area contributed by atoms with E-state index in [1.807, 2.05) is 13.8 Å². The lowest BCUT2D eigenvalue weighted by atomic mass is 9.68. The lowest BCUT2D eigenvalue weighted by molar-refractivity contribution is -0.152. The number of urea groups is 1. The molecule has 0 spiro atoms. The van der Waals surface area contributed by atoms with E-state index in [1.165, 1.54) is 6.08 Å². The molecule has 2 unspecified atom stereocenters. The highest BCUT2D eigenvalue weighted by atomic mass is 32.2. The summed E-state index contributed by atoms with van der Waals surface area (Å²) in [5, 5.41) is 11.7. The van der Waals surface area contributed by atoms with Crippen molar-refractivity contribution in [2.45, 2.75) is 180 Å². The molecule has 4 atom stereocenters. The van der Waals surface area contributed by atoms with Crippen LogP contribution in [-0.4, -0.2) is 90.1 Å². The Balaban J connectivity index is 1.65. The largest absolute Gasteiger partial charge is 0.346 e. The first-order valence-corrected chi connectivity index (χ1v) is 22.7. The SMILES string of the molecule is C=CCNC(=O)C(=O)C(CC1CCC1)NC(=O)[C@@H]1CC(C)(C)C(C)CN1C(=O)[C@@H](NC(=O)NC1(CS(=O)(=O)C(C)(C)CC)CCCCC1)C1(C)CCCCC1. The van der Waals surface area contributed by atoms with E-state index in [4.69, 9.17) is 0 Å². The minimum atomic E-state index is -3.59. The molecule has 1 heterocycles. The number of sulfone groups is 1. The number of rotatable bonds is 16. The van der Waals surface area contributed by atoms with Crippen molar-refractivity contribution in [2.75, 3.05) is 18.8 Å². The fourth-order valence-electron chi connectivity index (χ4n) is 9.00. The molecule has 0 radical (unpaired) electrons. The fourth-order valence-corrected chi connectivity index (χ4v) is 10.9. The van der Waals surface area contributed by atoms with Gasteiger partial charge in [-0.15, -0.1) is 6.58 Å². The fraction of sp³-hybridized carbons (Fsp3) is 0.833. The Morgan fingerprint density at radius 3 is 2.05 bits per heavy atom. The number of hydrogen-bond donors (Lipinski definition) is 4. The summed E-state index contributed by atoms with van der Waals surface area (Å²) in [5.74, 6) is -2.26. The third-order valence-electron chi connectivity index (χ3n) is 14.1. The predicted molar refractivity (Wildman–Crippen MR) is 216 cm³/mol. The first-order chi connectivity index (χ1) is 25.7. The molecule has 3 saturated carbocycles. The van der Waals surface area contributed by atoms with Crippen molar-refractivity contribution in [3.05, 3.63) is 12.7 Å². The third kappa shape index (κ3) is 10.7. The van der Waals surface area contributed by atoms with Crippen LogP contribution in [0.2, 0.25) is 0 Å². The quantitative estimate of drug-likeness (QED) is 0.114. The molecule has 1 aliphatic heterocycles. The zero-order valence-electron chi connectivity index (χ0n) is 34.8. The molecule has 4 aliphatic rings. The van der Waals surface area contributed by atoms with Gasteiger partial charge < -0.3 is 26.2 Å². The second-order valence-corrected chi connectivity index (χ2v) is 21.6. The van der Waals surface area contributed by atoms with Crippen molar-refractivity contribution >= 4 is 39.4 Å². The van der Waals surface area contributed by atoms with E-state index >= 15 is 4.79 Å². The second kappa shape index (κ2) is 18.1. The Kier molecular flexibility index (Phi) is 14.7. The molecular weight excluding hydrogens is 719 g/mol. The second-order valence-electron chi connectivity index (χ2n) is 19.0. The summed E-state index contributed by atoms with van der Waals surface area (Å²) in [6.45, 7) is 17.6. The van der Waals surface area contributed by atoms with Crippen LogP contribution in [0.1, 0.15) is 151 Å². The summed E-state index contributed by atoms with van der Waals surface area (Å²) >= 11 is 0. The third-order valence-corrected chi connectivity index (χ3v) is 17.0. The number of carbonyl (C=O) groups excluding carboxylic acids is 5. The maximum atomic E-state index is 15.1. The van der Waals surface area contributed by atoms with Crippen LogP contribution < -0.4 is 21.3 Å². The highest BCUT2D eigenvalue weighted by Gasteiger charge is 2.51. The summed E-state index contributed by atoms with van der Waals surface area (Å²) in [5.41, 5.74) is -1.89. The maximum absolute atomic E-state index is 15.1. The number of carbonyl (C=O) groups is 5. The van der Waals surface area contributed by atoms with Gasteiger partial charge in [0.15, 0.2) is 9.84 Å². The van der Waals surface area contributed by atoms with Gasteiger partial charge in [0, 0.05) is 13.1 Å². The molecule has 13 heteroatoms. The lowest BCUT2D eigenvalue weighted by Gasteiger charge is -2.50. The van der Waals surface area contributed by atoms with Crippen LogP contribution in [-0.2, 0) is 29.0 Å². The summed E-state index contributed by atoms with van der Waals surface area (Å²) in [7, 11) is -3.59. The minimum absolute atomic E-state index is 0.0175. The molecule has 4 N–H and O–H groups in total. The van der Waals surface area contributed by atoms with Gasteiger partial charge in [0.2, 0.25) is 17.6 Å². The Bertz CT molecular complexity index is 1530. The number of likely N-dealkylation sites (tertiary alicyclic amines) is 1. The van der Waals surface area contributed by atoms with E-state index < -0.39 is 67.3 Å². The van der Waals surface area contributed by atoms with Crippen molar-refractivity contribution in [3.63, 3.8) is 0 Å². The molecule has 3 aliphatic carbocycles. The highest BCUT2D eigenvalue weighted by molar-refractivity contribution is 7.92. The van der Waals surface area contributed by atoms with Crippen molar-refractivity contribution < 1.29 is 32.4 Å². The van der Waals surface area contributed by atoms with Crippen molar-refractivity contribution in [3.8, 4) is 0 Å². The van der Waals surface area contributed by atoms with Crippen molar-refractivity contribution in [1.29, 1.82) is 0 Å². The first kappa shape index (κ1) is 44.8. The van der Waals surface area contributed by atoms with Gasteiger partial charge in [-0.25, -0.2) is 13.2 Å². The van der Waals surface area contributed by atoms with Gasteiger partial charge in [-0.05, 0) is 81.5 Å². The average molecular weight is 790 g/mol. The van der Waals surface area contributed by atoms with Crippen LogP contribution in [0.4, 0.5) is 4.79 Å². The van der Waals surface area contributed by atoms with Gasteiger partial charge in [0.05, 0.1) is 22.1 Å². The molecule has 4 fully saturated rings. The highest BCUT2D eigenvalue weighted by Crippen LogP contribution is 2.43. The van der Waals surface area contributed by atoms with Gasteiger partial charge >= 0.3 is 6.03 Å². The molecule has 0 aromatic carbocycles. The summed E-state index contributed by atoms with van der Waals surface area (Å²) < 4.78 is 26.5. The van der Waals surface area contributed by atoms with E-state index in [0.717, 1.165) is 57.8 Å². The zero-order chi connectivity index (χ0) is 40.8. The van der Waals surface area contributed by atoms with E-state index in [9.17, 15) is 27.6 Å². The van der Waals surface area contributed by atoms with Crippen LogP contribution >= 0.6 is 0 Å². The number of ketones is 1. The molecule has 1 saturated heterocycles. The Hall–Kier alpha value is -2.96. The predicted octanol–water partition coefficient (Wildman–Crippen LogP) is 5.74. The van der Waals surface area contributed by atoms with Gasteiger partial charge in [0.25, 0.3) is 5.91 Å². The molecule has 5 amide bonds. The van der Waals surface area contributed by atoms with Crippen LogP contribution in [0.3, 0.4) is 0 Å². The zero-order valence-corrected chi connectivity index (χ0v) is 35.6. The minimum Gasteiger partial charge on any atom is -0.346 e. The van der Waals surface area contributed by atoms with Gasteiger partial charge in [-0.2, -0.15) is 0 Å². The number of hydrogen-bond acceptors (Lipinski definition) is 7. The van der Waals surface area contributed by atoms with E-state index in [2.05, 4.69) is 48.6 Å². The topological polar surface area (TPSA) is 171 Å². The average Bonchev–Trinajstić information content (AvgIpc) is 3.10. The Labute approximate surface area is 330 Å². The van der Waals surface area contributed by atoms with E-state index in [0.29, 0.717) is 44.9 Å². The number of nitrogens with zero attached hydrogens (tertiary/aromatic N) is 1. The van der Waals surface area contributed by atoms with Gasteiger partial charge in [-0.3, -0.25) is 19.2 Å². The molecule has 0 bridgehead atoms. The first-order valence-electron chi connectivity index (χ1n) is 21.0. The smallest absolute Gasteiger partial charge is 0.315 e. The molecule has 0 aromatic rings. The summed E-state index contributed by atoms with van der Waals surface area (Å²) in [6, 6.07) is -3.51. The molecule has 312 valence electrons. The molecule has 0 aromatic heterocycles. The summed E-state index contributed by atoms with van der Waals surface area (Å²) in [4.78, 5) is 71.6. The standard InChI is InChI=1S/C42H71N5O7S/c1-9-24-43-36(50)33(48)31(25-30-18-17-19-30)44-35(49)32-26-39(4,5)29(3)27-47(32)37(51)34(41(8)20-13-11-14-21-41)45-38(52)46-42(22-15-12-16-23-42)28-55(53,54)40(6,7)10-2/h9,29-32,34H,1,10-28H2,2-8H3,(H,43,50)(H,44,49)(H2,45,46,52)/t29?,31?,32-,34+/m0/s1. The number of Topliss-reactive ketones (excluding diaryl/α,β-unsaturated/α-hetero) is 1. The number of piperidine rings is 1. The van der Waals surface area contributed by atoms with Crippen molar-refractivity contribution in [1.82, 2.24) is 26.2 Å². The van der Waals surface area contributed by atoms with Crippen LogP contribution in [0.15, 0.2) is 12.7 Å². The van der Waals surface area contributed by atoms with Crippen molar-refractivity contribution in [2.24, 2.45) is 22.7 Å². The molecule has 12 nitrogen and oxygen atoms in total. The molecule has 4 rings (SSSR count). The Morgan fingerprint density at radius 2 is 1.51 bits per heavy atom. The lowest BCUT2D eigenvalue weighted by Crippen LogP contribution is -2.67. The van der Waals surface area contributed by atoms with Gasteiger partial charge in [-0.1, -0.05) is 98.5 Å². The Morgan fingerprint density at radius 1 is 0.909 bits per heavy atom. The van der Waals surface area contributed by atoms with Crippen LogP contribution in [0.5, 0.6) is 0 Å². The molecular formula is C42H71N5O7S. The summed E-state index contributed by atoms with van der Waals surface area (Å²) in [6.07, 6.45) is 13.3. The monoisotopic (exact) mass is 790 g/mol. The maximum Gasteiger partial charge on any atom is 0.315 e. The van der Waals surface area contributed by atoms with Gasteiger partial charge in [0.1, 0.15) is 12.1 Å². The van der Waals surface area contributed by atoms with Crippen LogP contribution in [0.25, 0.3) is 0 Å². The molecule has 55 heavy (non-hydrogen) atoms. The van der Waals surface area contributed by atoms with Crippen LogP contribution in [0, 0.1) is 22.7 Å². The van der Waals surface area contributed by atoms with E-state index in [-0.39, 0.29) is 42.0 Å². The number of amides is 5. The normalized spacial score (nSPS) is 25.0.